The van der Waals surface area contributed by atoms with Crippen molar-refractivity contribution in [2.24, 2.45) is 0 Å². The van der Waals surface area contributed by atoms with Crippen molar-refractivity contribution in [1.29, 1.82) is 0 Å². The van der Waals surface area contributed by atoms with Crippen LogP contribution in [0.25, 0.3) is 5.52 Å². The van der Waals surface area contributed by atoms with Crippen molar-refractivity contribution in [3.63, 3.8) is 0 Å². The Morgan fingerprint density at radius 1 is 1.33 bits per heavy atom. The molecule has 0 bridgehead atoms. The minimum Gasteiger partial charge on any atom is -0.381 e. The molecule has 0 aromatic carbocycles. The van der Waals surface area contributed by atoms with E-state index in [0.29, 0.717) is 0 Å². The van der Waals surface area contributed by atoms with Crippen LogP contribution in [0.4, 0.5) is 0 Å². The Bertz CT molecular complexity index is 323. The summed E-state index contributed by atoms with van der Waals surface area (Å²) in [5.74, 6) is 0.892. The van der Waals surface area contributed by atoms with E-state index < -0.39 is 0 Å². The molecule has 0 fully saturated rings. The fraction of sp³-hybridized carbons (Fsp3) is 0.444. The van der Waals surface area contributed by atoms with Gasteiger partial charge in [-0.1, -0.05) is 13.8 Å². The van der Waals surface area contributed by atoms with Gasteiger partial charge in [-0.3, -0.25) is 0 Å². The Kier molecular flexibility index (Phi) is 2.53. The van der Waals surface area contributed by atoms with Gasteiger partial charge in [-0.15, -0.1) is 0 Å². The maximum atomic E-state index is 5.17. The van der Waals surface area contributed by atoms with E-state index in [9.17, 15) is 0 Å². The number of nitrogens with zero attached hydrogens (tertiary/aromatic N) is 2. The number of fused-ring (bicyclic) bond motifs is 1. The van der Waals surface area contributed by atoms with Gasteiger partial charge in [0.2, 0.25) is 0 Å². The molecule has 2 heterocycles. The summed E-state index contributed by atoms with van der Waals surface area (Å²) in [7, 11) is 0. The summed E-state index contributed by atoms with van der Waals surface area (Å²) in [4.78, 5) is 4.09. The van der Waals surface area contributed by atoms with Gasteiger partial charge in [-0.05, 0) is 13.8 Å². The van der Waals surface area contributed by atoms with Crippen LogP contribution in [0.15, 0.2) is 17.0 Å². The third-order valence-corrected chi connectivity index (χ3v) is 1.63. The van der Waals surface area contributed by atoms with Crippen molar-refractivity contribution < 1.29 is 4.52 Å². The van der Waals surface area contributed by atoms with Crippen LogP contribution in [0, 0.1) is 13.8 Å². The number of hydrogen-bond acceptors (Lipinski definition) is 2. The van der Waals surface area contributed by atoms with E-state index in [1.54, 1.807) is 10.8 Å². The zero-order chi connectivity index (χ0) is 9.14. The average molecular weight is 166 g/mol. The molecule has 0 aliphatic rings. The standard InChI is InChI=1S/C7H8N2O.C2H6/c1-5-4-10-9-6(2)8-3-7(5)9;1-2/h3-4H,1-2H3;1-2H3. The van der Waals surface area contributed by atoms with Gasteiger partial charge in [0.05, 0.1) is 6.20 Å². The highest BCUT2D eigenvalue weighted by atomic mass is 16.5. The van der Waals surface area contributed by atoms with E-state index in [2.05, 4.69) is 4.98 Å². The molecule has 0 radical (unpaired) electrons. The molecule has 3 nitrogen and oxygen atoms in total. The second-order valence-corrected chi connectivity index (χ2v) is 2.39. The monoisotopic (exact) mass is 166 g/mol. The summed E-state index contributed by atoms with van der Waals surface area (Å²) in [5.41, 5.74) is 2.18. The summed E-state index contributed by atoms with van der Waals surface area (Å²) in [6.07, 6.45) is 3.54. The minimum atomic E-state index is 0.892. The van der Waals surface area contributed by atoms with E-state index in [1.165, 1.54) is 0 Å². The molecule has 0 spiro atoms. The van der Waals surface area contributed by atoms with E-state index in [0.717, 1.165) is 16.9 Å². The first-order valence-electron chi connectivity index (χ1n) is 4.17. The van der Waals surface area contributed by atoms with E-state index in [-0.39, 0.29) is 0 Å². The first-order valence-corrected chi connectivity index (χ1v) is 4.17. The molecule has 0 N–H and O–H groups in total. The number of hydrogen-bond donors (Lipinski definition) is 0. The quantitative estimate of drug-likeness (QED) is 0.602. The third kappa shape index (κ3) is 1.22. The average Bonchev–Trinajstić information content (AvgIpc) is 2.62. The van der Waals surface area contributed by atoms with Crippen LogP contribution in [0.1, 0.15) is 25.2 Å². The SMILES string of the molecule is CC.Cc1con2c(C)ncc12. The fourth-order valence-corrected chi connectivity index (χ4v) is 1.02. The Hall–Kier alpha value is -1.25. The molecule has 0 amide bonds. The largest absolute Gasteiger partial charge is 0.381 e. The lowest BCUT2D eigenvalue weighted by Crippen LogP contribution is -1.79. The van der Waals surface area contributed by atoms with Gasteiger partial charge in [-0.25, -0.2) is 4.98 Å². The molecule has 12 heavy (non-hydrogen) atoms. The van der Waals surface area contributed by atoms with Gasteiger partial charge < -0.3 is 4.52 Å². The van der Waals surface area contributed by atoms with Crippen LogP contribution in [-0.4, -0.2) is 9.56 Å². The molecule has 2 aromatic rings. The molecule has 0 aliphatic carbocycles. The number of imidazole rings is 1. The lowest BCUT2D eigenvalue weighted by molar-refractivity contribution is 0.367. The molecule has 66 valence electrons. The van der Waals surface area contributed by atoms with Crippen molar-refractivity contribution in [2.45, 2.75) is 27.7 Å². The van der Waals surface area contributed by atoms with E-state index >= 15 is 0 Å². The van der Waals surface area contributed by atoms with Crippen molar-refractivity contribution in [2.75, 3.05) is 0 Å². The highest BCUT2D eigenvalue weighted by molar-refractivity contribution is 5.50. The first-order chi connectivity index (χ1) is 5.79. The Labute approximate surface area is 72.0 Å². The highest BCUT2D eigenvalue weighted by Crippen LogP contribution is 2.11. The topological polar surface area (TPSA) is 30.4 Å². The maximum Gasteiger partial charge on any atom is 0.142 e. The summed E-state index contributed by atoms with van der Waals surface area (Å²) in [6, 6.07) is 0. The van der Waals surface area contributed by atoms with Crippen molar-refractivity contribution in [1.82, 2.24) is 9.56 Å². The lowest BCUT2D eigenvalue weighted by atomic mass is 10.3. The number of aryl methyl sites for hydroxylation is 2. The van der Waals surface area contributed by atoms with Crippen LogP contribution in [0.5, 0.6) is 0 Å². The van der Waals surface area contributed by atoms with Gasteiger partial charge in [-0.2, -0.15) is 4.57 Å². The van der Waals surface area contributed by atoms with Crippen LogP contribution in [0.2, 0.25) is 0 Å². The second-order valence-electron chi connectivity index (χ2n) is 2.39. The predicted molar refractivity (Wildman–Crippen MR) is 48.3 cm³/mol. The van der Waals surface area contributed by atoms with Gasteiger partial charge in [0.15, 0.2) is 0 Å². The smallest absolute Gasteiger partial charge is 0.142 e. The van der Waals surface area contributed by atoms with Gasteiger partial charge in [0, 0.05) is 5.56 Å². The second kappa shape index (κ2) is 3.43. The number of aromatic nitrogens is 2. The fourth-order valence-electron chi connectivity index (χ4n) is 1.02. The number of rotatable bonds is 0. The van der Waals surface area contributed by atoms with Gasteiger partial charge >= 0.3 is 0 Å². The molecule has 0 saturated carbocycles. The molecular weight excluding hydrogens is 152 g/mol. The third-order valence-electron chi connectivity index (χ3n) is 1.63. The molecule has 0 atom stereocenters. The normalized spacial score (nSPS) is 9.67. The molecule has 0 saturated heterocycles. The van der Waals surface area contributed by atoms with Crippen molar-refractivity contribution >= 4 is 5.52 Å². The van der Waals surface area contributed by atoms with E-state index in [1.807, 2.05) is 33.9 Å². The van der Waals surface area contributed by atoms with Crippen LogP contribution >= 0.6 is 0 Å². The van der Waals surface area contributed by atoms with Gasteiger partial charge in [0.1, 0.15) is 17.6 Å². The predicted octanol–water partition coefficient (Wildman–Crippen LogP) is 2.57. The van der Waals surface area contributed by atoms with Crippen molar-refractivity contribution in [3.05, 3.63) is 23.8 Å². The summed E-state index contributed by atoms with van der Waals surface area (Å²) in [6.45, 7) is 7.91. The summed E-state index contributed by atoms with van der Waals surface area (Å²) >= 11 is 0. The van der Waals surface area contributed by atoms with Crippen molar-refractivity contribution in [3.8, 4) is 0 Å². The molecule has 2 aromatic heterocycles. The first kappa shape index (κ1) is 8.84. The van der Waals surface area contributed by atoms with Crippen LogP contribution in [0.3, 0.4) is 0 Å². The van der Waals surface area contributed by atoms with Crippen LogP contribution in [-0.2, 0) is 0 Å². The Balaban J connectivity index is 0.000000336. The van der Waals surface area contributed by atoms with Gasteiger partial charge in [0.25, 0.3) is 0 Å². The zero-order valence-corrected chi connectivity index (χ0v) is 7.96. The zero-order valence-electron chi connectivity index (χ0n) is 7.96. The summed E-state index contributed by atoms with van der Waals surface area (Å²) < 4.78 is 6.89. The van der Waals surface area contributed by atoms with E-state index in [4.69, 9.17) is 4.52 Å². The highest BCUT2D eigenvalue weighted by Gasteiger charge is 2.03. The minimum absolute atomic E-state index is 0.892. The molecule has 0 aliphatic heterocycles. The van der Waals surface area contributed by atoms with Crippen LogP contribution < -0.4 is 0 Å². The Morgan fingerprint density at radius 2 is 2.00 bits per heavy atom. The summed E-state index contributed by atoms with van der Waals surface area (Å²) in [5, 5.41) is 0. The molecular formula is C9H14N2O. The molecule has 2 rings (SSSR count). The molecule has 3 heteroatoms. The molecule has 0 unspecified atom stereocenters. The maximum absolute atomic E-state index is 5.17. The lowest BCUT2D eigenvalue weighted by Gasteiger charge is -1.82. The Morgan fingerprint density at radius 3 is 2.58 bits per heavy atom.